The van der Waals surface area contributed by atoms with E-state index in [1.807, 2.05) is 13.8 Å². The molecule has 0 bridgehead atoms. The monoisotopic (exact) mass is 406 g/mol. The van der Waals surface area contributed by atoms with Gasteiger partial charge in [-0.05, 0) is 24.1 Å². The molecule has 0 spiro atoms. The van der Waals surface area contributed by atoms with Crippen molar-refractivity contribution in [2.75, 3.05) is 6.61 Å². The van der Waals surface area contributed by atoms with Gasteiger partial charge in [-0.1, -0.05) is 25.4 Å². The summed E-state index contributed by atoms with van der Waals surface area (Å²) >= 11 is 7.20. The van der Waals surface area contributed by atoms with Crippen molar-refractivity contribution in [1.29, 1.82) is 0 Å². The molecule has 0 aliphatic heterocycles. The molecule has 2 heterocycles. The first-order chi connectivity index (χ1) is 12.9. The quantitative estimate of drug-likeness (QED) is 0.609. The van der Waals surface area contributed by atoms with Crippen molar-refractivity contribution in [2.24, 2.45) is 5.92 Å². The highest BCUT2D eigenvalue weighted by atomic mass is 35.5. The second-order valence-electron chi connectivity index (χ2n) is 6.44. The molecule has 0 aliphatic carbocycles. The minimum atomic E-state index is -0.846. The molecule has 0 saturated carbocycles. The Labute approximate surface area is 165 Å². The van der Waals surface area contributed by atoms with Gasteiger partial charge in [-0.25, -0.2) is 14.8 Å². The summed E-state index contributed by atoms with van der Waals surface area (Å²) in [6.45, 7) is 4.40. The standard InChI is InChI=1S/C18H19ClN4O3S/c1-11(2)9-26-18(25)14(8-23-6-5-20-10-23)21-16(24)17-22-13-4-3-12(19)7-15(13)27-17/h3-7,10-11,14H,8-9H2,1-2H3,(H,21,24). The van der Waals surface area contributed by atoms with Crippen LogP contribution >= 0.6 is 22.9 Å². The minimum Gasteiger partial charge on any atom is -0.464 e. The van der Waals surface area contributed by atoms with Gasteiger partial charge in [-0.2, -0.15) is 0 Å². The molecule has 0 radical (unpaired) electrons. The van der Waals surface area contributed by atoms with E-state index in [0.717, 1.165) is 4.70 Å². The lowest BCUT2D eigenvalue weighted by atomic mass is 10.2. The molecule has 7 nitrogen and oxygen atoms in total. The number of carbonyl (C=O) groups excluding carboxylic acids is 2. The molecule has 3 aromatic rings. The van der Waals surface area contributed by atoms with Crippen molar-refractivity contribution >= 4 is 45.0 Å². The Hall–Kier alpha value is -2.45. The minimum absolute atomic E-state index is 0.201. The predicted octanol–water partition coefficient (Wildman–Crippen LogP) is 3.14. The number of benzene rings is 1. The Morgan fingerprint density at radius 3 is 2.89 bits per heavy atom. The van der Waals surface area contributed by atoms with Crippen LogP contribution in [0.1, 0.15) is 23.6 Å². The van der Waals surface area contributed by atoms with Crippen LogP contribution in [0.5, 0.6) is 0 Å². The summed E-state index contributed by atoms with van der Waals surface area (Å²) in [5.74, 6) is -0.721. The van der Waals surface area contributed by atoms with E-state index in [1.54, 1.807) is 41.5 Å². The zero-order valence-corrected chi connectivity index (χ0v) is 16.5. The van der Waals surface area contributed by atoms with Crippen LogP contribution in [-0.2, 0) is 16.1 Å². The van der Waals surface area contributed by atoms with E-state index >= 15 is 0 Å². The highest BCUT2D eigenvalue weighted by Gasteiger charge is 2.25. The number of esters is 1. The Kier molecular flexibility index (Phi) is 6.08. The Morgan fingerprint density at radius 1 is 1.37 bits per heavy atom. The molecule has 142 valence electrons. The number of aromatic nitrogens is 3. The van der Waals surface area contributed by atoms with Gasteiger partial charge in [0, 0.05) is 17.4 Å². The van der Waals surface area contributed by atoms with Gasteiger partial charge in [-0.15, -0.1) is 11.3 Å². The van der Waals surface area contributed by atoms with Crippen molar-refractivity contribution in [3.8, 4) is 0 Å². The van der Waals surface area contributed by atoms with Crippen molar-refractivity contribution in [2.45, 2.75) is 26.4 Å². The topological polar surface area (TPSA) is 86.1 Å². The summed E-state index contributed by atoms with van der Waals surface area (Å²) in [5, 5.41) is 3.56. The summed E-state index contributed by atoms with van der Waals surface area (Å²) in [5.41, 5.74) is 0.683. The number of rotatable bonds is 7. The van der Waals surface area contributed by atoms with Crippen molar-refractivity contribution in [3.63, 3.8) is 0 Å². The number of hydrogen-bond donors (Lipinski definition) is 1. The first kappa shape index (κ1) is 19.3. The number of thiazole rings is 1. The molecule has 1 aromatic carbocycles. The normalized spacial score (nSPS) is 12.3. The van der Waals surface area contributed by atoms with Gasteiger partial charge in [0.2, 0.25) is 0 Å². The molecule has 1 unspecified atom stereocenters. The van der Waals surface area contributed by atoms with E-state index in [0.29, 0.717) is 10.5 Å². The fraction of sp³-hybridized carbons (Fsp3) is 0.333. The van der Waals surface area contributed by atoms with Crippen LogP contribution in [0.3, 0.4) is 0 Å². The third kappa shape index (κ3) is 5.05. The van der Waals surface area contributed by atoms with E-state index in [9.17, 15) is 9.59 Å². The van der Waals surface area contributed by atoms with E-state index in [-0.39, 0.29) is 24.1 Å². The maximum absolute atomic E-state index is 12.7. The molecule has 0 fully saturated rings. The van der Waals surface area contributed by atoms with Gasteiger partial charge in [0.15, 0.2) is 5.01 Å². The Bertz CT molecular complexity index is 939. The summed E-state index contributed by atoms with van der Waals surface area (Å²) in [4.78, 5) is 33.4. The molecular formula is C18H19ClN4O3S. The van der Waals surface area contributed by atoms with E-state index in [4.69, 9.17) is 16.3 Å². The van der Waals surface area contributed by atoms with Gasteiger partial charge < -0.3 is 14.6 Å². The third-order valence-corrected chi connectivity index (χ3v) is 4.90. The molecule has 0 aliphatic rings. The fourth-order valence-corrected chi connectivity index (χ4v) is 3.49. The first-order valence-electron chi connectivity index (χ1n) is 8.41. The van der Waals surface area contributed by atoms with Crippen LogP contribution in [0.2, 0.25) is 5.02 Å². The number of hydrogen-bond acceptors (Lipinski definition) is 6. The Balaban J connectivity index is 1.76. The highest BCUT2D eigenvalue weighted by Crippen LogP contribution is 2.25. The SMILES string of the molecule is CC(C)COC(=O)C(Cn1ccnc1)NC(=O)c1nc2ccc(Cl)cc2s1. The molecule has 27 heavy (non-hydrogen) atoms. The Morgan fingerprint density at radius 2 is 2.19 bits per heavy atom. The average molecular weight is 407 g/mol. The summed E-state index contributed by atoms with van der Waals surface area (Å²) < 4.78 is 7.82. The number of amides is 1. The lowest BCUT2D eigenvalue weighted by Crippen LogP contribution is -2.44. The van der Waals surface area contributed by atoms with Crippen LogP contribution in [-0.4, -0.2) is 39.1 Å². The molecule has 9 heteroatoms. The number of ether oxygens (including phenoxy) is 1. The lowest BCUT2D eigenvalue weighted by Gasteiger charge is -2.18. The molecule has 1 N–H and O–H groups in total. The van der Waals surface area contributed by atoms with Crippen molar-refractivity contribution in [3.05, 3.63) is 47.0 Å². The third-order valence-electron chi connectivity index (χ3n) is 3.65. The van der Waals surface area contributed by atoms with E-state index in [2.05, 4.69) is 15.3 Å². The van der Waals surface area contributed by atoms with Crippen LogP contribution in [0.4, 0.5) is 0 Å². The number of halogens is 1. The maximum Gasteiger partial charge on any atom is 0.330 e. The van der Waals surface area contributed by atoms with Gasteiger partial charge in [0.05, 0.1) is 29.7 Å². The summed E-state index contributed by atoms with van der Waals surface area (Å²) in [6, 6.07) is 4.38. The molecular weight excluding hydrogens is 388 g/mol. The van der Waals surface area contributed by atoms with E-state index in [1.165, 1.54) is 11.3 Å². The molecule has 1 amide bonds. The number of carbonyl (C=O) groups is 2. The number of fused-ring (bicyclic) bond motifs is 1. The fourth-order valence-electron chi connectivity index (χ4n) is 2.35. The van der Waals surface area contributed by atoms with Crippen molar-refractivity contribution in [1.82, 2.24) is 19.9 Å². The largest absolute Gasteiger partial charge is 0.464 e. The van der Waals surface area contributed by atoms with Gasteiger partial charge >= 0.3 is 5.97 Å². The molecule has 3 rings (SSSR count). The smallest absolute Gasteiger partial charge is 0.330 e. The highest BCUT2D eigenvalue weighted by molar-refractivity contribution is 7.20. The first-order valence-corrected chi connectivity index (χ1v) is 9.61. The average Bonchev–Trinajstić information content (AvgIpc) is 3.27. The van der Waals surface area contributed by atoms with Crippen LogP contribution in [0, 0.1) is 5.92 Å². The van der Waals surface area contributed by atoms with E-state index < -0.39 is 17.9 Å². The van der Waals surface area contributed by atoms with Crippen LogP contribution < -0.4 is 5.32 Å². The zero-order chi connectivity index (χ0) is 19.4. The van der Waals surface area contributed by atoms with Gasteiger partial charge in [0.25, 0.3) is 5.91 Å². The van der Waals surface area contributed by atoms with Crippen LogP contribution in [0.15, 0.2) is 36.9 Å². The zero-order valence-electron chi connectivity index (χ0n) is 14.9. The molecule has 2 aromatic heterocycles. The van der Waals surface area contributed by atoms with Crippen molar-refractivity contribution < 1.29 is 14.3 Å². The number of nitrogens with one attached hydrogen (secondary N) is 1. The predicted molar refractivity (Wildman–Crippen MR) is 104 cm³/mol. The summed E-state index contributed by atoms with van der Waals surface area (Å²) in [7, 11) is 0. The molecule has 0 saturated heterocycles. The summed E-state index contributed by atoms with van der Waals surface area (Å²) in [6.07, 6.45) is 4.90. The number of imidazole rings is 1. The number of nitrogens with zero attached hydrogens (tertiary/aromatic N) is 3. The second-order valence-corrected chi connectivity index (χ2v) is 7.91. The molecule has 1 atom stereocenters. The van der Waals surface area contributed by atoms with Crippen LogP contribution in [0.25, 0.3) is 10.2 Å². The second kappa shape index (κ2) is 8.49. The maximum atomic E-state index is 12.7. The lowest BCUT2D eigenvalue weighted by molar-refractivity contribution is -0.147. The van der Waals surface area contributed by atoms with Gasteiger partial charge in [0.1, 0.15) is 6.04 Å². The van der Waals surface area contributed by atoms with Gasteiger partial charge in [-0.3, -0.25) is 4.79 Å².